The third-order valence-corrected chi connectivity index (χ3v) is 10.8. The summed E-state index contributed by atoms with van der Waals surface area (Å²) in [5.74, 6) is 1.06. The molecule has 0 saturated heterocycles. The van der Waals surface area contributed by atoms with Crippen LogP contribution in [0, 0.1) is 11.8 Å². The first-order valence-corrected chi connectivity index (χ1v) is 13.3. The zero-order chi connectivity index (χ0) is 18.8. The number of hydrogen-bond acceptors (Lipinski definition) is 2. The lowest BCUT2D eigenvalue weighted by Crippen LogP contribution is -2.36. The summed E-state index contributed by atoms with van der Waals surface area (Å²) in [6, 6.07) is 0. The summed E-state index contributed by atoms with van der Waals surface area (Å²) in [6.07, 6.45) is 15.9. The Morgan fingerprint density at radius 3 is 1.64 bits per heavy atom. The minimum absolute atomic E-state index is 0.528. The molecule has 1 aliphatic carbocycles. The van der Waals surface area contributed by atoms with Gasteiger partial charge in [0.15, 0.2) is 0 Å². The zero-order valence-electron chi connectivity index (χ0n) is 17.6. The standard InChI is InChI=1S/C22H45O2P/c1-5-9-14-20(7-3)18-25(24,19-21(8-4)15-10-6-2)22(23)16-12-11-13-17-22/h20-21,23H,5-19H2,1-4H3. The maximum Gasteiger partial charge on any atom is 0.118 e. The van der Waals surface area contributed by atoms with Crippen molar-refractivity contribution >= 4 is 7.14 Å². The molecule has 2 unspecified atom stereocenters. The van der Waals surface area contributed by atoms with Gasteiger partial charge in [0, 0.05) is 12.3 Å². The molecule has 0 amide bonds. The van der Waals surface area contributed by atoms with Crippen LogP contribution in [0.5, 0.6) is 0 Å². The van der Waals surface area contributed by atoms with E-state index in [1.54, 1.807) is 0 Å². The van der Waals surface area contributed by atoms with Gasteiger partial charge in [-0.25, -0.2) is 0 Å². The van der Waals surface area contributed by atoms with Gasteiger partial charge in [0.2, 0.25) is 0 Å². The second kappa shape index (κ2) is 11.8. The summed E-state index contributed by atoms with van der Waals surface area (Å²) in [6.45, 7) is 8.95. The minimum Gasteiger partial charge on any atom is -0.382 e. The molecule has 0 spiro atoms. The second-order valence-electron chi connectivity index (χ2n) is 8.63. The lowest BCUT2D eigenvalue weighted by molar-refractivity contribution is 0.0790. The van der Waals surface area contributed by atoms with Gasteiger partial charge >= 0.3 is 0 Å². The first-order valence-electron chi connectivity index (χ1n) is 11.2. The van der Waals surface area contributed by atoms with Crippen LogP contribution >= 0.6 is 7.14 Å². The predicted molar refractivity (Wildman–Crippen MR) is 112 cm³/mol. The summed E-state index contributed by atoms with van der Waals surface area (Å²) in [4.78, 5) is 0. The van der Waals surface area contributed by atoms with E-state index < -0.39 is 12.5 Å². The number of hydrogen-bond donors (Lipinski definition) is 1. The van der Waals surface area contributed by atoms with Gasteiger partial charge in [0.05, 0.1) is 0 Å². The molecule has 2 atom stereocenters. The number of unbranched alkanes of at least 4 members (excludes halogenated alkanes) is 2. The van der Waals surface area contributed by atoms with Gasteiger partial charge in [-0.15, -0.1) is 0 Å². The molecule has 3 heteroatoms. The monoisotopic (exact) mass is 372 g/mol. The minimum atomic E-state index is -2.58. The van der Waals surface area contributed by atoms with Crippen LogP contribution < -0.4 is 0 Å². The van der Waals surface area contributed by atoms with E-state index in [1.165, 1.54) is 44.9 Å². The van der Waals surface area contributed by atoms with Crippen LogP contribution in [0.4, 0.5) is 0 Å². The maximum atomic E-state index is 14.3. The Balaban J connectivity index is 2.96. The fourth-order valence-electron chi connectivity index (χ4n) is 4.61. The van der Waals surface area contributed by atoms with Gasteiger partial charge in [-0.05, 0) is 24.7 Å². The molecule has 0 bridgehead atoms. The fourth-order valence-corrected chi connectivity index (χ4v) is 9.12. The molecule has 1 fully saturated rings. The van der Waals surface area contributed by atoms with Crippen LogP contribution in [0.15, 0.2) is 0 Å². The normalized spacial score (nSPS) is 22.3. The summed E-state index contributed by atoms with van der Waals surface area (Å²) >= 11 is 0. The number of aliphatic hydroxyl groups is 1. The Morgan fingerprint density at radius 2 is 1.28 bits per heavy atom. The Labute approximate surface area is 157 Å². The van der Waals surface area contributed by atoms with E-state index in [4.69, 9.17) is 0 Å². The van der Waals surface area contributed by atoms with Gasteiger partial charge in [-0.3, -0.25) is 0 Å². The molecule has 1 rings (SSSR count). The highest BCUT2D eigenvalue weighted by molar-refractivity contribution is 7.65. The molecule has 0 aromatic carbocycles. The van der Waals surface area contributed by atoms with E-state index in [2.05, 4.69) is 27.7 Å². The Kier molecular flexibility index (Phi) is 11.0. The Hall–Kier alpha value is 0.190. The van der Waals surface area contributed by atoms with Crippen molar-refractivity contribution in [2.45, 2.75) is 117 Å². The fraction of sp³-hybridized carbons (Fsp3) is 1.00. The van der Waals surface area contributed by atoms with Crippen molar-refractivity contribution in [3.05, 3.63) is 0 Å². The van der Waals surface area contributed by atoms with Crippen molar-refractivity contribution in [3.8, 4) is 0 Å². The molecule has 1 N–H and O–H groups in total. The van der Waals surface area contributed by atoms with Gasteiger partial charge in [0.1, 0.15) is 12.5 Å². The molecular weight excluding hydrogens is 327 g/mol. The number of rotatable bonds is 13. The van der Waals surface area contributed by atoms with E-state index in [0.717, 1.165) is 50.8 Å². The predicted octanol–water partition coefficient (Wildman–Crippen LogP) is 7.44. The Bertz CT molecular complexity index is 365. The lowest BCUT2D eigenvalue weighted by atomic mass is 9.97. The molecule has 2 nitrogen and oxygen atoms in total. The van der Waals surface area contributed by atoms with Crippen LogP contribution in [-0.4, -0.2) is 22.8 Å². The zero-order valence-corrected chi connectivity index (χ0v) is 18.5. The molecule has 0 aliphatic heterocycles. The molecule has 0 radical (unpaired) electrons. The van der Waals surface area contributed by atoms with Crippen molar-refractivity contribution in [2.24, 2.45) is 11.8 Å². The van der Waals surface area contributed by atoms with Crippen LogP contribution in [0.2, 0.25) is 0 Å². The van der Waals surface area contributed by atoms with E-state index in [0.29, 0.717) is 11.8 Å². The molecule has 25 heavy (non-hydrogen) atoms. The second-order valence-corrected chi connectivity index (χ2v) is 12.0. The van der Waals surface area contributed by atoms with Crippen LogP contribution in [0.1, 0.15) is 111 Å². The average Bonchev–Trinajstić information content (AvgIpc) is 2.62. The highest BCUT2D eigenvalue weighted by Gasteiger charge is 2.48. The highest BCUT2D eigenvalue weighted by Crippen LogP contribution is 2.64. The molecule has 0 heterocycles. The van der Waals surface area contributed by atoms with Crippen molar-refractivity contribution in [3.63, 3.8) is 0 Å². The molecule has 1 saturated carbocycles. The maximum absolute atomic E-state index is 14.3. The van der Waals surface area contributed by atoms with E-state index in [1.807, 2.05) is 0 Å². The Morgan fingerprint density at radius 1 is 0.840 bits per heavy atom. The smallest absolute Gasteiger partial charge is 0.118 e. The van der Waals surface area contributed by atoms with Crippen LogP contribution in [0.3, 0.4) is 0 Å². The average molecular weight is 373 g/mol. The third kappa shape index (κ3) is 7.02. The van der Waals surface area contributed by atoms with E-state index in [9.17, 15) is 9.67 Å². The first kappa shape index (κ1) is 23.2. The SMILES string of the molecule is CCCCC(CC)CP(=O)(CC(CC)CCCC)C1(O)CCCCC1. The molecular formula is C22H45O2P. The van der Waals surface area contributed by atoms with Crippen molar-refractivity contribution < 1.29 is 9.67 Å². The van der Waals surface area contributed by atoms with Crippen molar-refractivity contribution in [1.29, 1.82) is 0 Å². The molecule has 1 aliphatic rings. The summed E-state index contributed by atoms with van der Waals surface area (Å²) in [5, 5.41) is 10.6. The topological polar surface area (TPSA) is 37.3 Å². The summed E-state index contributed by atoms with van der Waals surface area (Å²) in [7, 11) is -2.58. The van der Waals surface area contributed by atoms with E-state index >= 15 is 0 Å². The van der Waals surface area contributed by atoms with Gasteiger partial charge in [-0.2, -0.15) is 0 Å². The lowest BCUT2D eigenvalue weighted by Gasteiger charge is -2.42. The van der Waals surface area contributed by atoms with Gasteiger partial charge in [-0.1, -0.05) is 98.3 Å². The van der Waals surface area contributed by atoms with Crippen molar-refractivity contribution in [1.82, 2.24) is 0 Å². The quantitative estimate of drug-likeness (QED) is 0.341. The van der Waals surface area contributed by atoms with Crippen LogP contribution in [-0.2, 0) is 4.57 Å². The third-order valence-electron chi connectivity index (χ3n) is 6.61. The van der Waals surface area contributed by atoms with Crippen molar-refractivity contribution in [2.75, 3.05) is 12.3 Å². The van der Waals surface area contributed by atoms with E-state index in [-0.39, 0.29) is 0 Å². The summed E-state index contributed by atoms with van der Waals surface area (Å²) in [5.41, 5.74) is 0. The van der Waals surface area contributed by atoms with Gasteiger partial charge in [0.25, 0.3) is 0 Å². The largest absolute Gasteiger partial charge is 0.382 e. The van der Waals surface area contributed by atoms with Crippen LogP contribution in [0.25, 0.3) is 0 Å². The molecule has 0 aromatic rings. The van der Waals surface area contributed by atoms with Gasteiger partial charge < -0.3 is 9.67 Å². The highest BCUT2D eigenvalue weighted by atomic mass is 31.2. The first-order chi connectivity index (χ1) is 11.9. The molecule has 0 aromatic heterocycles. The molecule has 150 valence electrons. The summed E-state index contributed by atoms with van der Waals surface area (Å²) < 4.78 is 14.3.